The first-order valence-corrected chi connectivity index (χ1v) is 12.2. The molecule has 0 spiro atoms. The predicted molar refractivity (Wildman–Crippen MR) is 118 cm³/mol. The number of benzene rings is 2. The Morgan fingerprint density at radius 3 is 2.81 bits per heavy atom. The van der Waals surface area contributed by atoms with Crippen molar-refractivity contribution in [3.05, 3.63) is 63.3 Å². The number of methoxy groups -OCH3 is 1. The number of para-hydroxylation sites is 1. The fraction of sp³-hybridized carbons (Fsp3) is 0.250. The summed E-state index contributed by atoms with van der Waals surface area (Å²) in [4.78, 5) is 12.4. The number of carbonyl (C=O) groups is 1. The van der Waals surface area contributed by atoms with Gasteiger partial charge in [-0.15, -0.1) is 10.2 Å². The molecule has 1 aliphatic heterocycles. The van der Waals surface area contributed by atoms with E-state index in [1.807, 2.05) is 0 Å². The van der Waals surface area contributed by atoms with Gasteiger partial charge in [0.1, 0.15) is 21.5 Å². The molecule has 1 aliphatic rings. The van der Waals surface area contributed by atoms with Crippen molar-refractivity contribution in [2.45, 2.75) is 23.8 Å². The normalized spacial score (nSPS) is 16.8. The van der Waals surface area contributed by atoms with E-state index < -0.39 is 27.8 Å². The van der Waals surface area contributed by atoms with E-state index >= 15 is 0 Å². The molecule has 4 rings (SSSR count). The van der Waals surface area contributed by atoms with Gasteiger partial charge in [0.25, 0.3) is 5.91 Å². The number of nitrogens with zero attached hydrogens (tertiary/aromatic N) is 3. The maximum atomic E-state index is 13.8. The SMILES string of the molecule is COc1ccc(Cl)cc1S(=O)(=O)N1CCC[C@H]1c1nnc(C(=O)Nc2ccccc2F)s1. The number of rotatable bonds is 6. The highest BCUT2D eigenvalue weighted by atomic mass is 35.5. The van der Waals surface area contributed by atoms with Gasteiger partial charge in [0, 0.05) is 11.6 Å². The fourth-order valence-electron chi connectivity index (χ4n) is 3.45. The summed E-state index contributed by atoms with van der Waals surface area (Å²) in [5, 5.41) is 11.0. The number of aromatic nitrogens is 2. The zero-order chi connectivity index (χ0) is 22.9. The molecule has 2 heterocycles. The summed E-state index contributed by atoms with van der Waals surface area (Å²) in [5.41, 5.74) is 0.0207. The number of hydrogen-bond donors (Lipinski definition) is 1. The summed E-state index contributed by atoms with van der Waals surface area (Å²) >= 11 is 7.00. The number of anilines is 1. The van der Waals surface area contributed by atoms with E-state index in [1.165, 1.54) is 41.7 Å². The van der Waals surface area contributed by atoms with E-state index in [0.29, 0.717) is 17.8 Å². The third-order valence-corrected chi connectivity index (χ3v) is 8.15. The first-order valence-electron chi connectivity index (χ1n) is 9.56. The number of ether oxygens (including phenoxy) is 1. The van der Waals surface area contributed by atoms with Gasteiger partial charge in [-0.25, -0.2) is 12.8 Å². The van der Waals surface area contributed by atoms with Crippen LogP contribution >= 0.6 is 22.9 Å². The van der Waals surface area contributed by atoms with E-state index in [4.69, 9.17) is 16.3 Å². The molecule has 0 unspecified atom stereocenters. The van der Waals surface area contributed by atoms with Gasteiger partial charge >= 0.3 is 0 Å². The van der Waals surface area contributed by atoms with Crippen LogP contribution in [0.25, 0.3) is 0 Å². The van der Waals surface area contributed by atoms with Gasteiger partial charge in [0.05, 0.1) is 18.8 Å². The van der Waals surface area contributed by atoms with Crippen LogP contribution in [0.3, 0.4) is 0 Å². The van der Waals surface area contributed by atoms with Crippen LogP contribution in [0, 0.1) is 5.82 Å². The number of nitrogens with one attached hydrogen (secondary N) is 1. The molecule has 1 saturated heterocycles. The van der Waals surface area contributed by atoms with Crippen LogP contribution in [0.2, 0.25) is 5.02 Å². The largest absolute Gasteiger partial charge is 0.495 e. The molecule has 8 nitrogen and oxygen atoms in total. The number of hydrogen-bond acceptors (Lipinski definition) is 7. The lowest BCUT2D eigenvalue weighted by atomic mass is 10.2. The zero-order valence-corrected chi connectivity index (χ0v) is 19.2. The van der Waals surface area contributed by atoms with Gasteiger partial charge in [-0.05, 0) is 43.2 Å². The Kier molecular flexibility index (Phi) is 6.42. The standard InChI is InChI=1S/C20H18ClFN4O4S2/c1-30-16-9-8-12(21)11-17(16)32(28,29)26-10-4-7-15(26)19-24-25-20(31-19)18(27)23-14-6-3-2-5-13(14)22/h2-3,5-6,8-9,11,15H,4,7,10H2,1H3,(H,23,27)/t15-/m0/s1. The summed E-state index contributed by atoms with van der Waals surface area (Å²) < 4.78 is 47.1. The van der Waals surface area contributed by atoms with Crippen molar-refractivity contribution in [2.24, 2.45) is 0 Å². The Morgan fingerprint density at radius 1 is 1.28 bits per heavy atom. The number of carbonyl (C=O) groups excluding carboxylic acids is 1. The Morgan fingerprint density at radius 2 is 2.06 bits per heavy atom. The van der Waals surface area contributed by atoms with Gasteiger partial charge in [-0.1, -0.05) is 35.1 Å². The van der Waals surface area contributed by atoms with E-state index in [2.05, 4.69) is 15.5 Å². The minimum absolute atomic E-state index is 0.00726. The van der Waals surface area contributed by atoms with Crippen LogP contribution in [0.4, 0.5) is 10.1 Å². The van der Waals surface area contributed by atoms with Gasteiger partial charge < -0.3 is 10.1 Å². The van der Waals surface area contributed by atoms with Gasteiger partial charge in [0.2, 0.25) is 15.0 Å². The minimum atomic E-state index is -3.95. The monoisotopic (exact) mass is 496 g/mol. The second kappa shape index (κ2) is 9.10. The molecule has 1 fully saturated rings. The van der Waals surface area contributed by atoms with Crippen LogP contribution < -0.4 is 10.1 Å². The van der Waals surface area contributed by atoms with Crippen LogP contribution in [-0.4, -0.2) is 42.5 Å². The Hall–Kier alpha value is -2.60. The molecule has 0 saturated carbocycles. The molecule has 0 bridgehead atoms. The molecular formula is C20H18ClFN4O4S2. The third kappa shape index (κ3) is 4.33. The van der Waals surface area contributed by atoms with E-state index in [-0.39, 0.29) is 32.9 Å². The summed E-state index contributed by atoms with van der Waals surface area (Å²) in [7, 11) is -2.57. The molecule has 12 heteroatoms. The highest BCUT2D eigenvalue weighted by Crippen LogP contribution is 2.40. The van der Waals surface area contributed by atoms with Crippen molar-refractivity contribution in [1.82, 2.24) is 14.5 Å². The van der Waals surface area contributed by atoms with Crippen molar-refractivity contribution in [1.29, 1.82) is 0 Å². The summed E-state index contributed by atoms with van der Waals surface area (Å²) in [6, 6.07) is 9.57. The summed E-state index contributed by atoms with van der Waals surface area (Å²) in [6.07, 6.45) is 1.13. The maximum Gasteiger partial charge on any atom is 0.286 e. The van der Waals surface area contributed by atoms with Crippen LogP contribution in [0.15, 0.2) is 47.4 Å². The topological polar surface area (TPSA) is 101 Å². The molecule has 1 aromatic heterocycles. The molecule has 32 heavy (non-hydrogen) atoms. The van der Waals surface area contributed by atoms with Crippen LogP contribution in [-0.2, 0) is 10.0 Å². The van der Waals surface area contributed by atoms with Crippen molar-refractivity contribution < 1.29 is 22.3 Å². The van der Waals surface area contributed by atoms with Gasteiger partial charge in [0.15, 0.2) is 0 Å². The molecule has 1 N–H and O–H groups in total. The first-order chi connectivity index (χ1) is 15.3. The molecular weight excluding hydrogens is 479 g/mol. The summed E-state index contributed by atoms with van der Waals surface area (Å²) in [6.45, 7) is 0.277. The molecule has 3 aromatic rings. The predicted octanol–water partition coefficient (Wildman–Crippen LogP) is 4.12. The van der Waals surface area contributed by atoms with Gasteiger partial charge in [-0.3, -0.25) is 4.79 Å². The number of sulfonamides is 1. The molecule has 2 aromatic carbocycles. The average molecular weight is 497 g/mol. The molecule has 0 radical (unpaired) electrons. The minimum Gasteiger partial charge on any atom is -0.495 e. The lowest BCUT2D eigenvalue weighted by molar-refractivity contribution is 0.102. The Labute approximate surface area is 193 Å². The van der Waals surface area contributed by atoms with Crippen molar-refractivity contribution in [3.63, 3.8) is 0 Å². The fourth-order valence-corrected chi connectivity index (χ4v) is 6.49. The maximum absolute atomic E-state index is 13.8. The lowest BCUT2D eigenvalue weighted by Crippen LogP contribution is -2.31. The Bertz CT molecular complexity index is 1270. The van der Waals surface area contributed by atoms with Gasteiger partial charge in [-0.2, -0.15) is 4.31 Å². The Balaban J connectivity index is 1.60. The first kappa shape index (κ1) is 22.6. The van der Waals surface area contributed by atoms with Crippen LogP contribution in [0.1, 0.15) is 33.7 Å². The number of amides is 1. The quantitative estimate of drug-likeness (QED) is 0.551. The second-order valence-corrected chi connectivity index (χ2v) is 10.3. The van der Waals surface area contributed by atoms with E-state index in [9.17, 15) is 17.6 Å². The average Bonchev–Trinajstić information content (AvgIpc) is 3.45. The smallest absolute Gasteiger partial charge is 0.286 e. The van der Waals surface area contributed by atoms with Crippen molar-refractivity contribution >= 4 is 44.6 Å². The number of halogens is 2. The summed E-state index contributed by atoms with van der Waals surface area (Å²) in [5.74, 6) is -1.01. The zero-order valence-electron chi connectivity index (χ0n) is 16.8. The lowest BCUT2D eigenvalue weighted by Gasteiger charge is -2.23. The van der Waals surface area contributed by atoms with Crippen molar-refractivity contribution in [2.75, 3.05) is 19.0 Å². The third-order valence-electron chi connectivity index (χ3n) is 4.96. The second-order valence-electron chi connectivity index (χ2n) is 6.95. The molecule has 1 amide bonds. The molecule has 1 atom stereocenters. The highest BCUT2D eigenvalue weighted by molar-refractivity contribution is 7.89. The molecule has 168 valence electrons. The molecule has 0 aliphatic carbocycles. The van der Waals surface area contributed by atoms with E-state index in [1.54, 1.807) is 12.1 Å². The van der Waals surface area contributed by atoms with E-state index in [0.717, 1.165) is 11.3 Å². The van der Waals surface area contributed by atoms with Crippen LogP contribution in [0.5, 0.6) is 5.75 Å². The van der Waals surface area contributed by atoms with Crippen molar-refractivity contribution in [3.8, 4) is 5.75 Å². The highest BCUT2D eigenvalue weighted by Gasteiger charge is 2.40.